The van der Waals surface area contributed by atoms with Crippen LogP contribution < -0.4 is 5.73 Å². The lowest BCUT2D eigenvalue weighted by Gasteiger charge is -2.17. The van der Waals surface area contributed by atoms with Gasteiger partial charge in [-0.05, 0) is 25.2 Å². The van der Waals surface area contributed by atoms with Gasteiger partial charge in [-0.3, -0.25) is 9.69 Å². The molecule has 1 heterocycles. The number of aromatic nitrogens is 1. The molecule has 1 aromatic heterocycles. The van der Waals surface area contributed by atoms with Crippen LogP contribution in [0.3, 0.4) is 0 Å². The lowest BCUT2D eigenvalue weighted by atomic mass is 10.2. The van der Waals surface area contributed by atoms with Gasteiger partial charge in [-0.25, -0.2) is 4.98 Å². The molecule has 82 valence electrons. The summed E-state index contributed by atoms with van der Waals surface area (Å²) in [5.41, 5.74) is 6.38. The number of amides is 1. The molecular formula is C11H17N3O. The van der Waals surface area contributed by atoms with Gasteiger partial charge in [0.15, 0.2) is 0 Å². The quantitative estimate of drug-likeness (QED) is 0.784. The van der Waals surface area contributed by atoms with Crippen LogP contribution in [0.1, 0.15) is 30.0 Å². The molecule has 0 saturated heterocycles. The van der Waals surface area contributed by atoms with Crippen LogP contribution in [0.15, 0.2) is 18.2 Å². The lowest BCUT2D eigenvalue weighted by molar-refractivity contribution is 0.0995. The highest BCUT2D eigenvalue weighted by Gasteiger charge is 2.05. The molecule has 4 heteroatoms. The van der Waals surface area contributed by atoms with Crippen LogP contribution in [0.25, 0.3) is 0 Å². The summed E-state index contributed by atoms with van der Waals surface area (Å²) in [5, 5.41) is 0. The summed E-state index contributed by atoms with van der Waals surface area (Å²) in [5.74, 6) is -0.476. The molecule has 2 N–H and O–H groups in total. The lowest BCUT2D eigenvalue weighted by Crippen LogP contribution is -2.23. The van der Waals surface area contributed by atoms with E-state index in [-0.39, 0.29) is 0 Å². The number of primary amides is 1. The summed E-state index contributed by atoms with van der Waals surface area (Å²) in [6.45, 7) is 6.90. The van der Waals surface area contributed by atoms with Gasteiger partial charge >= 0.3 is 0 Å². The molecule has 0 aliphatic carbocycles. The van der Waals surface area contributed by atoms with Gasteiger partial charge in [0.25, 0.3) is 5.91 Å². The van der Waals surface area contributed by atoms with E-state index >= 15 is 0 Å². The number of hydrogen-bond acceptors (Lipinski definition) is 3. The van der Waals surface area contributed by atoms with E-state index < -0.39 is 5.91 Å². The number of pyridine rings is 1. The second kappa shape index (κ2) is 5.46. The highest BCUT2D eigenvalue weighted by atomic mass is 16.1. The fraction of sp³-hybridized carbons (Fsp3) is 0.455. The van der Waals surface area contributed by atoms with E-state index in [1.807, 2.05) is 12.1 Å². The SMILES string of the molecule is CCN(CC)Cc1cccc(C(N)=O)n1. The van der Waals surface area contributed by atoms with Crippen molar-refractivity contribution in [1.82, 2.24) is 9.88 Å². The van der Waals surface area contributed by atoms with Crippen LogP contribution in [0.2, 0.25) is 0 Å². The van der Waals surface area contributed by atoms with E-state index in [9.17, 15) is 4.79 Å². The zero-order valence-electron chi connectivity index (χ0n) is 9.23. The highest BCUT2D eigenvalue weighted by Crippen LogP contribution is 2.03. The van der Waals surface area contributed by atoms with E-state index in [2.05, 4.69) is 23.7 Å². The fourth-order valence-corrected chi connectivity index (χ4v) is 1.38. The van der Waals surface area contributed by atoms with Crippen molar-refractivity contribution in [3.05, 3.63) is 29.6 Å². The summed E-state index contributed by atoms with van der Waals surface area (Å²) in [7, 11) is 0. The Balaban J connectivity index is 2.77. The average molecular weight is 207 g/mol. The maximum atomic E-state index is 10.9. The Morgan fingerprint density at radius 2 is 2.07 bits per heavy atom. The van der Waals surface area contributed by atoms with E-state index in [1.165, 1.54) is 0 Å². The van der Waals surface area contributed by atoms with Crippen molar-refractivity contribution in [2.75, 3.05) is 13.1 Å². The Morgan fingerprint density at radius 1 is 1.40 bits per heavy atom. The number of hydrogen-bond donors (Lipinski definition) is 1. The predicted molar refractivity (Wildman–Crippen MR) is 59.4 cm³/mol. The predicted octanol–water partition coefficient (Wildman–Crippen LogP) is 1.02. The molecule has 1 aromatic rings. The Labute approximate surface area is 90.1 Å². The molecule has 1 amide bonds. The minimum absolute atomic E-state index is 0.333. The molecular weight excluding hydrogens is 190 g/mol. The Kier molecular flexibility index (Phi) is 4.24. The first kappa shape index (κ1) is 11.7. The Hall–Kier alpha value is -1.42. The summed E-state index contributed by atoms with van der Waals surface area (Å²) >= 11 is 0. The van der Waals surface area contributed by atoms with Crippen LogP contribution in [-0.4, -0.2) is 28.9 Å². The summed E-state index contributed by atoms with van der Waals surface area (Å²) in [4.78, 5) is 17.3. The molecule has 0 radical (unpaired) electrons. The van der Waals surface area contributed by atoms with Crippen molar-refractivity contribution in [3.8, 4) is 0 Å². The molecule has 1 rings (SSSR count). The van der Waals surface area contributed by atoms with Crippen molar-refractivity contribution in [2.45, 2.75) is 20.4 Å². The second-order valence-electron chi connectivity index (χ2n) is 3.34. The van der Waals surface area contributed by atoms with Crippen molar-refractivity contribution in [3.63, 3.8) is 0 Å². The third kappa shape index (κ3) is 3.32. The number of nitrogens with two attached hydrogens (primary N) is 1. The van der Waals surface area contributed by atoms with Crippen LogP contribution in [-0.2, 0) is 6.54 Å². The van der Waals surface area contributed by atoms with E-state index in [1.54, 1.807) is 6.07 Å². The van der Waals surface area contributed by atoms with Gasteiger partial charge < -0.3 is 5.73 Å². The number of carbonyl (C=O) groups excluding carboxylic acids is 1. The molecule has 0 atom stereocenters. The molecule has 0 aliphatic heterocycles. The molecule has 0 aromatic carbocycles. The van der Waals surface area contributed by atoms with Gasteiger partial charge in [-0.15, -0.1) is 0 Å². The first-order valence-corrected chi connectivity index (χ1v) is 5.15. The zero-order chi connectivity index (χ0) is 11.3. The highest BCUT2D eigenvalue weighted by molar-refractivity contribution is 5.90. The number of nitrogens with zero attached hydrogens (tertiary/aromatic N) is 2. The molecule has 0 spiro atoms. The van der Waals surface area contributed by atoms with Crippen molar-refractivity contribution in [2.24, 2.45) is 5.73 Å². The first-order chi connectivity index (χ1) is 7.17. The van der Waals surface area contributed by atoms with Gasteiger partial charge in [-0.1, -0.05) is 19.9 Å². The van der Waals surface area contributed by atoms with Gasteiger partial charge in [0.05, 0.1) is 5.69 Å². The maximum absolute atomic E-state index is 10.9. The maximum Gasteiger partial charge on any atom is 0.267 e. The monoisotopic (exact) mass is 207 g/mol. The van der Waals surface area contributed by atoms with Crippen molar-refractivity contribution >= 4 is 5.91 Å². The Morgan fingerprint density at radius 3 is 2.60 bits per heavy atom. The smallest absolute Gasteiger partial charge is 0.267 e. The molecule has 0 unspecified atom stereocenters. The third-order valence-electron chi connectivity index (χ3n) is 2.34. The normalized spacial score (nSPS) is 10.6. The van der Waals surface area contributed by atoms with Crippen LogP contribution in [0.4, 0.5) is 0 Å². The van der Waals surface area contributed by atoms with Crippen LogP contribution in [0.5, 0.6) is 0 Å². The fourth-order valence-electron chi connectivity index (χ4n) is 1.38. The topological polar surface area (TPSA) is 59.2 Å². The number of rotatable bonds is 5. The van der Waals surface area contributed by atoms with Gasteiger partial charge in [0.1, 0.15) is 5.69 Å². The summed E-state index contributed by atoms with van der Waals surface area (Å²) in [6, 6.07) is 5.35. The summed E-state index contributed by atoms with van der Waals surface area (Å²) in [6.07, 6.45) is 0. The van der Waals surface area contributed by atoms with Crippen LogP contribution in [0, 0.1) is 0 Å². The zero-order valence-corrected chi connectivity index (χ0v) is 9.23. The largest absolute Gasteiger partial charge is 0.364 e. The minimum Gasteiger partial charge on any atom is -0.364 e. The molecule has 15 heavy (non-hydrogen) atoms. The average Bonchev–Trinajstić information content (AvgIpc) is 2.26. The molecule has 0 aliphatic rings. The minimum atomic E-state index is -0.476. The first-order valence-electron chi connectivity index (χ1n) is 5.15. The van der Waals surface area contributed by atoms with Gasteiger partial charge in [0, 0.05) is 6.54 Å². The van der Waals surface area contributed by atoms with Crippen molar-refractivity contribution in [1.29, 1.82) is 0 Å². The van der Waals surface area contributed by atoms with E-state index in [0.29, 0.717) is 5.69 Å². The van der Waals surface area contributed by atoms with Crippen LogP contribution >= 0.6 is 0 Å². The third-order valence-corrected chi connectivity index (χ3v) is 2.34. The molecule has 4 nitrogen and oxygen atoms in total. The summed E-state index contributed by atoms with van der Waals surface area (Å²) < 4.78 is 0. The molecule has 0 saturated carbocycles. The van der Waals surface area contributed by atoms with Gasteiger partial charge in [0.2, 0.25) is 0 Å². The van der Waals surface area contributed by atoms with E-state index in [0.717, 1.165) is 25.3 Å². The standard InChI is InChI=1S/C11H17N3O/c1-3-14(4-2)8-9-6-5-7-10(13-9)11(12)15/h5-7H,3-4,8H2,1-2H3,(H2,12,15). The molecule has 0 fully saturated rings. The van der Waals surface area contributed by atoms with Crippen molar-refractivity contribution < 1.29 is 4.79 Å². The number of carbonyl (C=O) groups is 1. The molecule has 0 bridgehead atoms. The Bertz CT molecular complexity index is 334. The van der Waals surface area contributed by atoms with E-state index in [4.69, 9.17) is 5.73 Å². The van der Waals surface area contributed by atoms with Gasteiger partial charge in [-0.2, -0.15) is 0 Å². The second-order valence-corrected chi connectivity index (χ2v) is 3.34.